The van der Waals surface area contributed by atoms with Crippen LogP contribution < -0.4 is 10.2 Å². The molecule has 2 atom stereocenters. The van der Waals surface area contributed by atoms with Crippen LogP contribution in [0, 0.1) is 6.92 Å². The fraction of sp³-hybridized carbons (Fsp3) is 0.333. The molecule has 2 amide bonds. The number of rotatable bonds is 4. The molecular formula is C27H30N2O5. The lowest BCUT2D eigenvalue weighted by Crippen LogP contribution is -2.55. The van der Waals surface area contributed by atoms with Crippen LogP contribution in [0.4, 0.5) is 9.59 Å². The Kier molecular flexibility index (Phi) is 6.63. The van der Waals surface area contributed by atoms with Gasteiger partial charge in [0.2, 0.25) is 6.23 Å². The minimum Gasteiger partial charge on any atom is -0.467 e. The van der Waals surface area contributed by atoms with Crippen LogP contribution in [0.2, 0.25) is 0 Å². The van der Waals surface area contributed by atoms with Gasteiger partial charge in [0.25, 0.3) is 0 Å². The molecule has 4 rings (SSSR count). The zero-order valence-corrected chi connectivity index (χ0v) is 20.1. The Morgan fingerprint density at radius 3 is 2.26 bits per heavy atom. The largest absolute Gasteiger partial charge is 0.467 e. The second kappa shape index (κ2) is 9.63. The fourth-order valence-corrected chi connectivity index (χ4v) is 4.16. The Labute approximate surface area is 199 Å². The van der Waals surface area contributed by atoms with Gasteiger partial charge in [0, 0.05) is 5.56 Å². The van der Waals surface area contributed by atoms with Crippen molar-refractivity contribution in [1.82, 2.24) is 10.4 Å². The molecule has 0 radical (unpaired) electrons. The summed E-state index contributed by atoms with van der Waals surface area (Å²) in [6.07, 6.45) is -3.12. The summed E-state index contributed by atoms with van der Waals surface area (Å²) < 4.78 is 17.0. The predicted molar refractivity (Wildman–Crippen MR) is 130 cm³/mol. The van der Waals surface area contributed by atoms with Gasteiger partial charge in [-0.3, -0.25) is 0 Å². The Hall–Kier alpha value is -3.74. The van der Waals surface area contributed by atoms with Crippen molar-refractivity contribution < 1.29 is 23.8 Å². The zero-order valence-electron chi connectivity index (χ0n) is 20.1. The predicted octanol–water partition coefficient (Wildman–Crippen LogP) is 5.90. The number of hydrazine groups is 1. The van der Waals surface area contributed by atoms with Crippen LogP contribution in [-0.4, -0.2) is 35.6 Å². The number of amides is 2. The maximum atomic E-state index is 13.2. The van der Waals surface area contributed by atoms with E-state index in [0.717, 1.165) is 32.5 Å². The second-order valence-corrected chi connectivity index (χ2v) is 8.96. The van der Waals surface area contributed by atoms with Gasteiger partial charge in [-0.05, 0) is 57.0 Å². The number of hydrogen-bond acceptors (Lipinski definition) is 5. The highest BCUT2D eigenvalue weighted by atomic mass is 16.6. The van der Waals surface area contributed by atoms with E-state index in [1.54, 1.807) is 27.7 Å². The van der Waals surface area contributed by atoms with Crippen LogP contribution in [0.3, 0.4) is 0 Å². The van der Waals surface area contributed by atoms with E-state index in [-0.39, 0.29) is 18.1 Å². The summed E-state index contributed by atoms with van der Waals surface area (Å²) in [5.41, 5.74) is 5.58. The van der Waals surface area contributed by atoms with E-state index in [4.69, 9.17) is 14.2 Å². The standard InChI is InChI=1S/C27H30N2O5/c1-16(2)32-26(30)28-29(27(31)33-17(3)4)25-23(20-12-10-18(5)11-13-20)24-21-9-7-6-8-19(21)14-15-22(24)34-25/h6-17,23,25H,1-5H3,(H,28,30)/t23-,25-/m0/s1. The molecule has 0 aliphatic carbocycles. The van der Waals surface area contributed by atoms with Crippen molar-refractivity contribution in [3.05, 3.63) is 77.4 Å². The van der Waals surface area contributed by atoms with Crippen molar-refractivity contribution in [2.75, 3.05) is 0 Å². The van der Waals surface area contributed by atoms with Gasteiger partial charge in [-0.2, -0.15) is 5.01 Å². The number of carbonyl (C=O) groups is 2. The molecule has 0 saturated heterocycles. The van der Waals surface area contributed by atoms with E-state index in [1.165, 1.54) is 0 Å². The molecule has 0 spiro atoms. The van der Waals surface area contributed by atoms with Gasteiger partial charge in [-0.1, -0.05) is 60.2 Å². The highest BCUT2D eigenvalue weighted by molar-refractivity contribution is 5.89. The van der Waals surface area contributed by atoms with Gasteiger partial charge in [-0.15, -0.1) is 0 Å². The summed E-state index contributed by atoms with van der Waals surface area (Å²) in [7, 11) is 0. The summed E-state index contributed by atoms with van der Waals surface area (Å²) in [6, 6.07) is 20.0. The molecule has 3 aromatic carbocycles. The lowest BCUT2D eigenvalue weighted by molar-refractivity contribution is -0.0212. The molecule has 1 N–H and O–H groups in total. The molecule has 0 aromatic heterocycles. The van der Waals surface area contributed by atoms with E-state index in [0.29, 0.717) is 5.75 Å². The van der Waals surface area contributed by atoms with Gasteiger partial charge in [0.05, 0.1) is 18.1 Å². The molecule has 178 valence electrons. The summed E-state index contributed by atoms with van der Waals surface area (Å²) in [4.78, 5) is 25.7. The normalized spacial score (nSPS) is 16.8. The topological polar surface area (TPSA) is 77.1 Å². The minimum absolute atomic E-state index is 0.360. The number of aryl methyl sites for hydroxylation is 1. The van der Waals surface area contributed by atoms with Crippen LogP contribution in [0.15, 0.2) is 60.7 Å². The van der Waals surface area contributed by atoms with Crippen LogP contribution in [0.5, 0.6) is 5.75 Å². The molecular weight excluding hydrogens is 432 g/mol. The molecule has 1 aliphatic heterocycles. The van der Waals surface area contributed by atoms with Crippen molar-refractivity contribution in [2.45, 2.75) is 59.0 Å². The van der Waals surface area contributed by atoms with E-state index in [1.807, 2.05) is 67.6 Å². The van der Waals surface area contributed by atoms with Crippen molar-refractivity contribution in [3.8, 4) is 5.75 Å². The van der Waals surface area contributed by atoms with E-state index in [2.05, 4.69) is 5.43 Å². The molecule has 7 nitrogen and oxygen atoms in total. The maximum absolute atomic E-state index is 13.2. The van der Waals surface area contributed by atoms with E-state index < -0.39 is 18.4 Å². The number of fused-ring (bicyclic) bond motifs is 3. The number of carbonyl (C=O) groups excluding carboxylic acids is 2. The quantitative estimate of drug-likeness (QED) is 0.489. The average molecular weight is 463 g/mol. The summed E-state index contributed by atoms with van der Waals surface area (Å²) >= 11 is 0. The second-order valence-electron chi connectivity index (χ2n) is 8.96. The third kappa shape index (κ3) is 4.78. The van der Waals surface area contributed by atoms with Gasteiger partial charge in [0.15, 0.2) is 0 Å². The molecule has 0 saturated carbocycles. The smallest absolute Gasteiger partial charge is 0.432 e. The third-order valence-corrected chi connectivity index (χ3v) is 5.55. The molecule has 34 heavy (non-hydrogen) atoms. The fourth-order valence-electron chi connectivity index (χ4n) is 4.16. The summed E-state index contributed by atoms with van der Waals surface area (Å²) in [5, 5.41) is 3.19. The van der Waals surface area contributed by atoms with Crippen LogP contribution in [-0.2, 0) is 9.47 Å². The highest BCUT2D eigenvalue weighted by Gasteiger charge is 2.44. The van der Waals surface area contributed by atoms with E-state index in [9.17, 15) is 9.59 Å². The molecule has 1 aliphatic rings. The SMILES string of the molecule is Cc1ccc([C@H]2c3c(ccc4ccccc34)O[C@@H]2N(NC(=O)OC(C)C)C(=O)OC(C)C)cc1. The van der Waals surface area contributed by atoms with Crippen LogP contribution in [0.1, 0.15) is 50.3 Å². The van der Waals surface area contributed by atoms with Crippen LogP contribution >= 0.6 is 0 Å². The van der Waals surface area contributed by atoms with Gasteiger partial charge in [-0.25, -0.2) is 15.0 Å². The summed E-state index contributed by atoms with van der Waals surface area (Å²) in [6.45, 7) is 8.99. The van der Waals surface area contributed by atoms with Crippen molar-refractivity contribution in [3.63, 3.8) is 0 Å². The Morgan fingerprint density at radius 1 is 0.912 bits per heavy atom. The number of nitrogens with zero attached hydrogens (tertiary/aromatic N) is 1. The molecule has 0 unspecified atom stereocenters. The lowest BCUT2D eigenvalue weighted by Gasteiger charge is -2.32. The first kappa shape index (κ1) is 23.4. The minimum atomic E-state index is -0.880. The number of ether oxygens (including phenoxy) is 3. The molecule has 1 heterocycles. The summed E-state index contributed by atoms with van der Waals surface area (Å²) in [5.74, 6) is 0.274. The number of benzene rings is 3. The molecule has 3 aromatic rings. The maximum Gasteiger partial charge on any atom is 0.432 e. The Morgan fingerprint density at radius 2 is 1.59 bits per heavy atom. The first-order valence-corrected chi connectivity index (χ1v) is 11.5. The molecule has 0 fully saturated rings. The van der Waals surface area contributed by atoms with Gasteiger partial charge >= 0.3 is 12.2 Å². The Balaban J connectivity index is 1.83. The zero-order chi connectivity index (χ0) is 24.4. The Bertz CT molecular complexity index is 1190. The lowest BCUT2D eigenvalue weighted by atomic mass is 9.87. The third-order valence-electron chi connectivity index (χ3n) is 5.55. The molecule has 0 bridgehead atoms. The van der Waals surface area contributed by atoms with Crippen molar-refractivity contribution in [2.24, 2.45) is 0 Å². The monoisotopic (exact) mass is 462 g/mol. The number of nitrogens with one attached hydrogen (secondary N) is 1. The first-order valence-electron chi connectivity index (χ1n) is 11.5. The van der Waals surface area contributed by atoms with Gasteiger partial charge in [0.1, 0.15) is 5.75 Å². The van der Waals surface area contributed by atoms with Gasteiger partial charge < -0.3 is 14.2 Å². The van der Waals surface area contributed by atoms with Crippen molar-refractivity contribution >= 4 is 23.0 Å². The average Bonchev–Trinajstić information content (AvgIpc) is 3.16. The highest BCUT2D eigenvalue weighted by Crippen LogP contribution is 2.47. The number of hydrogen-bond donors (Lipinski definition) is 1. The van der Waals surface area contributed by atoms with Crippen molar-refractivity contribution in [1.29, 1.82) is 0 Å². The molecule has 7 heteroatoms. The first-order chi connectivity index (χ1) is 16.2. The van der Waals surface area contributed by atoms with Crippen LogP contribution in [0.25, 0.3) is 10.8 Å². The van der Waals surface area contributed by atoms with E-state index >= 15 is 0 Å².